The fourth-order valence-electron chi connectivity index (χ4n) is 2.96. The summed E-state index contributed by atoms with van der Waals surface area (Å²) in [6.07, 6.45) is 0.750. The van der Waals surface area contributed by atoms with Crippen LogP contribution in [0.25, 0.3) is 11.4 Å². The van der Waals surface area contributed by atoms with Crippen LogP contribution in [0.1, 0.15) is 23.0 Å². The number of nitrogens with one attached hydrogen (secondary N) is 1. The highest BCUT2D eigenvalue weighted by molar-refractivity contribution is 5.53. The first kappa shape index (κ1) is 14.8. The highest BCUT2D eigenvalue weighted by Crippen LogP contribution is 2.18. The standard InChI is InChI=1S/C17H17N5O2/c1-11-18-14-7-8-22(9-13(14)17(23)19-11)10-15-20-16(21-24-15)12-5-3-2-4-6-12/h2-6H,7-10H2,1H3,(H,18,19,23). The molecule has 1 aliphatic rings. The molecule has 4 rings (SSSR count). The van der Waals surface area contributed by atoms with Gasteiger partial charge in [0.25, 0.3) is 5.56 Å². The SMILES string of the molecule is Cc1nc2c(c(=O)[nH]1)CN(Cc1nc(-c3ccccc3)no1)CC2. The lowest BCUT2D eigenvalue weighted by atomic mass is 10.1. The average Bonchev–Trinajstić information content (AvgIpc) is 3.05. The molecule has 2 aromatic heterocycles. The molecule has 122 valence electrons. The van der Waals surface area contributed by atoms with Crippen LogP contribution >= 0.6 is 0 Å². The lowest BCUT2D eigenvalue weighted by molar-refractivity contribution is 0.207. The Bertz CT molecular complexity index is 916. The van der Waals surface area contributed by atoms with E-state index in [0.717, 1.165) is 29.8 Å². The summed E-state index contributed by atoms with van der Waals surface area (Å²) in [6, 6.07) is 9.71. The Labute approximate surface area is 138 Å². The number of fused-ring (bicyclic) bond motifs is 1. The average molecular weight is 323 g/mol. The number of hydrogen-bond acceptors (Lipinski definition) is 6. The van der Waals surface area contributed by atoms with E-state index in [1.807, 2.05) is 30.3 Å². The van der Waals surface area contributed by atoms with Gasteiger partial charge in [-0.2, -0.15) is 4.98 Å². The first-order valence-corrected chi connectivity index (χ1v) is 7.88. The van der Waals surface area contributed by atoms with E-state index >= 15 is 0 Å². The van der Waals surface area contributed by atoms with Gasteiger partial charge in [0, 0.05) is 25.1 Å². The van der Waals surface area contributed by atoms with Crippen molar-refractivity contribution in [3.8, 4) is 11.4 Å². The molecular formula is C17H17N5O2. The Morgan fingerprint density at radius 1 is 1.25 bits per heavy atom. The Morgan fingerprint density at radius 2 is 2.08 bits per heavy atom. The molecule has 1 aliphatic heterocycles. The molecule has 0 amide bonds. The van der Waals surface area contributed by atoms with Crippen molar-refractivity contribution < 1.29 is 4.52 Å². The van der Waals surface area contributed by atoms with Crippen molar-refractivity contribution in [1.82, 2.24) is 25.0 Å². The van der Waals surface area contributed by atoms with Crippen LogP contribution in [0.2, 0.25) is 0 Å². The number of H-pyrrole nitrogens is 1. The summed E-state index contributed by atoms with van der Waals surface area (Å²) in [5.41, 5.74) is 2.49. The molecule has 3 heterocycles. The summed E-state index contributed by atoms with van der Waals surface area (Å²) in [4.78, 5) is 25.9. The fourth-order valence-corrected chi connectivity index (χ4v) is 2.96. The van der Waals surface area contributed by atoms with Gasteiger partial charge in [0.1, 0.15) is 5.82 Å². The Morgan fingerprint density at radius 3 is 2.92 bits per heavy atom. The van der Waals surface area contributed by atoms with Gasteiger partial charge in [0.05, 0.1) is 17.8 Å². The van der Waals surface area contributed by atoms with Gasteiger partial charge in [-0.1, -0.05) is 35.5 Å². The van der Waals surface area contributed by atoms with Crippen molar-refractivity contribution in [2.75, 3.05) is 6.54 Å². The largest absolute Gasteiger partial charge is 0.338 e. The molecular weight excluding hydrogens is 306 g/mol. The van der Waals surface area contributed by atoms with Crippen molar-refractivity contribution in [2.24, 2.45) is 0 Å². The number of nitrogens with zero attached hydrogens (tertiary/aromatic N) is 4. The fraction of sp³-hybridized carbons (Fsp3) is 0.294. The number of aryl methyl sites for hydroxylation is 1. The normalized spacial score (nSPS) is 14.5. The predicted octanol–water partition coefficient (Wildman–Crippen LogP) is 1.69. The minimum absolute atomic E-state index is 0.0577. The van der Waals surface area contributed by atoms with Gasteiger partial charge in [0.2, 0.25) is 11.7 Å². The zero-order valence-corrected chi connectivity index (χ0v) is 13.3. The maximum absolute atomic E-state index is 12.1. The van der Waals surface area contributed by atoms with E-state index in [1.165, 1.54) is 0 Å². The van der Waals surface area contributed by atoms with Gasteiger partial charge in [-0.25, -0.2) is 4.98 Å². The summed E-state index contributed by atoms with van der Waals surface area (Å²) >= 11 is 0. The van der Waals surface area contributed by atoms with Gasteiger partial charge < -0.3 is 9.51 Å². The first-order valence-electron chi connectivity index (χ1n) is 7.88. The van der Waals surface area contributed by atoms with E-state index in [1.54, 1.807) is 6.92 Å². The molecule has 3 aromatic rings. The Hall–Kier alpha value is -2.80. The summed E-state index contributed by atoms with van der Waals surface area (Å²) in [5.74, 6) is 1.79. The molecule has 7 nitrogen and oxygen atoms in total. The molecule has 7 heteroatoms. The second kappa shape index (κ2) is 6.01. The minimum Gasteiger partial charge on any atom is -0.338 e. The van der Waals surface area contributed by atoms with Crippen molar-refractivity contribution in [3.63, 3.8) is 0 Å². The molecule has 0 unspecified atom stereocenters. The van der Waals surface area contributed by atoms with Gasteiger partial charge in [-0.3, -0.25) is 9.69 Å². The Balaban J connectivity index is 1.51. The van der Waals surface area contributed by atoms with Crippen LogP contribution in [0.5, 0.6) is 0 Å². The third-order valence-corrected chi connectivity index (χ3v) is 4.13. The van der Waals surface area contributed by atoms with Crippen LogP contribution in [0.3, 0.4) is 0 Å². The maximum Gasteiger partial charge on any atom is 0.255 e. The molecule has 0 saturated carbocycles. The number of hydrogen-bond donors (Lipinski definition) is 1. The van der Waals surface area contributed by atoms with Crippen LogP contribution < -0.4 is 5.56 Å². The molecule has 0 atom stereocenters. The van der Waals surface area contributed by atoms with Crippen LogP contribution in [-0.4, -0.2) is 31.6 Å². The van der Waals surface area contributed by atoms with Crippen molar-refractivity contribution in [3.05, 3.63) is 63.7 Å². The Kier molecular flexibility index (Phi) is 3.70. The van der Waals surface area contributed by atoms with E-state index in [2.05, 4.69) is 25.0 Å². The zero-order valence-electron chi connectivity index (χ0n) is 13.3. The van der Waals surface area contributed by atoms with Crippen molar-refractivity contribution in [1.29, 1.82) is 0 Å². The van der Waals surface area contributed by atoms with Crippen LogP contribution in [0.4, 0.5) is 0 Å². The van der Waals surface area contributed by atoms with Crippen LogP contribution in [0, 0.1) is 6.92 Å². The lowest BCUT2D eigenvalue weighted by Crippen LogP contribution is -2.35. The molecule has 1 N–H and O–H groups in total. The van der Waals surface area contributed by atoms with Gasteiger partial charge in [0.15, 0.2) is 0 Å². The summed E-state index contributed by atoms with van der Waals surface area (Å²) in [6.45, 7) is 3.68. The van der Waals surface area contributed by atoms with Gasteiger partial charge in [-0.05, 0) is 6.92 Å². The van der Waals surface area contributed by atoms with E-state index < -0.39 is 0 Å². The molecule has 24 heavy (non-hydrogen) atoms. The highest BCUT2D eigenvalue weighted by atomic mass is 16.5. The van der Waals surface area contributed by atoms with E-state index in [-0.39, 0.29) is 5.56 Å². The second-order valence-electron chi connectivity index (χ2n) is 5.91. The summed E-state index contributed by atoms with van der Waals surface area (Å²) < 4.78 is 5.35. The minimum atomic E-state index is -0.0577. The summed E-state index contributed by atoms with van der Waals surface area (Å²) in [5, 5.41) is 4.03. The quantitative estimate of drug-likeness (QED) is 0.789. The smallest absolute Gasteiger partial charge is 0.255 e. The number of benzene rings is 1. The van der Waals surface area contributed by atoms with E-state index in [4.69, 9.17) is 4.52 Å². The van der Waals surface area contributed by atoms with Crippen LogP contribution in [0.15, 0.2) is 39.6 Å². The third kappa shape index (κ3) is 2.85. The van der Waals surface area contributed by atoms with E-state index in [0.29, 0.717) is 30.6 Å². The molecule has 0 saturated heterocycles. The number of aromatic nitrogens is 4. The summed E-state index contributed by atoms with van der Waals surface area (Å²) in [7, 11) is 0. The molecule has 0 bridgehead atoms. The number of aromatic amines is 1. The van der Waals surface area contributed by atoms with Crippen molar-refractivity contribution in [2.45, 2.75) is 26.4 Å². The third-order valence-electron chi connectivity index (χ3n) is 4.13. The van der Waals surface area contributed by atoms with Gasteiger partial charge >= 0.3 is 0 Å². The molecule has 0 radical (unpaired) electrons. The van der Waals surface area contributed by atoms with Crippen LogP contribution in [-0.2, 0) is 19.5 Å². The molecule has 0 spiro atoms. The van der Waals surface area contributed by atoms with Crippen molar-refractivity contribution >= 4 is 0 Å². The molecule has 0 aliphatic carbocycles. The number of rotatable bonds is 3. The second-order valence-corrected chi connectivity index (χ2v) is 5.91. The highest BCUT2D eigenvalue weighted by Gasteiger charge is 2.22. The molecule has 0 fully saturated rings. The monoisotopic (exact) mass is 323 g/mol. The first-order chi connectivity index (χ1) is 11.7. The van der Waals surface area contributed by atoms with Gasteiger partial charge in [-0.15, -0.1) is 0 Å². The maximum atomic E-state index is 12.1. The zero-order chi connectivity index (χ0) is 16.5. The topological polar surface area (TPSA) is 87.9 Å². The lowest BCUT2D eigenvalue weighted by Gasteiger charge is -2.26. The van der Waals surface area contributed by atoms with E-state index in [9.17, 15) is 4.79 Å². The predicted molar refractivity (Wildman–Crippen MR) is 87.1 cm³/mol. The molecule has 1 aromatic carbocycles.